The van der Waals surface area contributed by atoms with Crippen molar-refractivity contribution in [1.82, 2.24) is 15.2 Å². The molecule has 1 aliphatic carbocycles. The normalized spacial score (nSPS) is 26.3. The van der Waals surface area contributed by atoms with E-state index in [0.717, 1.165) is 36.4 Å². The van der Waals surface area contributed by atoms with E-state index in [0.29, 0.717) is 0 Å². The van der Waals surface area contributed by atoms with Crippen LogP contribution in [0.2, 0.25) is 0 Å². The molecule has 3 fully saturated rings. The van der Waals surface area contributed by atoms with Gasteiger partial charge in [0.25, 0.3) is 17.7 Å². The number of carbonyl (C=O) groups is 2. The van der Waals surface area contributed by atoms with Crippen molar-refractivity contribution in [3.8, 4) is 0 Å². The molecule has 15 heteroatoms. The number of anilines is 1. The molecule has 0 radical (unpaired) electrons. The van der Waals surface area contributed by atoms with Crippen LogP contribution < -0.4 is 10.6 Å². The summed E-state index contributed by atoms with van der Waals surface area (Å²) in [6, 6.07) is -2.83. The number of aliphatic hydroxyl groups excluding tert-OH is 1. The summed E-state index contributed by atoms with van der Waals surface area (Å²) in [5.74, 6) is -5.13. The van der Waals surface area contributed by atoms with Crippen molar-refractivity contribution < 1.29 is 41.4 Å². The second kappa shape index (κ2) is 11.5. The zero-order valence-corrected chi connectivity index (χ0v) is 23.5. The van der Waals surface area contributed by atoms with E-state index in [-0.39, 0.29) is 24.7 Å². The molecule has 4 atom stereocenters. The second-order valence-corrected chi connectivity index (χ2v) is 11.6. The second-order valence-electron chi connectivity index (χ2n) is 11.2. The van der Waals surface area contributed by atoms with E-state index in [9.17, 15) is 36.6 Å². The van der Waals surface area contributed by atoms with Crippen molar-refractivity contribution in [2.75, 3.05) is 25.1 Å². The predicted molar refractivity (Wildman–Crippen MR) is 143 cm³/mol. The zero-order valence-electron chi connectivity index (χ0n) is 22.7. The van der Waals surface area contributed by atoms with Crippen LogP contribution in [0.4, 0.5) is 27.8 Å². The van der Waals surface area contributed by atoms with E-state index in [1.54, 1.807) is 0 Å². The largest absolute Gasteiger partial charge is 0.417 e. The minimum Gasteiger partial charge on any atom is -0.388 e. The number of nitrogens with one attached hydrogen (secondary N) is 2. The maximum atomic E-state index is 14.3. The zero-order chi connectivity index (χ0) is 30.3. The Morgan fingerprint density at radius 3 is 2.49 bits per heavy atom. The first-order valence-corrected chi connectivity index (χ1v) is 13.6. The number of thiocarbonyl (C=S) groups is 1. The molecule has 2 aliphatic heterocycles. The van der Waals surface area contributed by atoms with Gasteiger partial charge in [-0.3, -0.25) is 14.6 Å². The maximum Gasteiger partial charge on any atom is 0.417 e. The number of aromatic nitrogens is 1. The molecule has 0 bridgehead atoms. The van der Waals surface area contributed by atoms with Crippen molar-refractivity contribution in [1.29, 1.82) is 0 Å². The Morgan fingerprint density at radius 2 is 1.98 bits per heavy atom. The number of pyridine rings is 1. The van der Waals surface area contributed by atoms with E-state index in [4.69, 9.17) is 17.0 Å². The number of hydrogen-bond acceptors (Lipinski definition) is 8. The Hall–Kier alpha value is -2.78. The molecule has 9 nitrogen and oxygen atoms in total. The molecule has 3 aliphatic rings. The van der Waals surface area contributed by atoms with Crippen LogP contribution in [0.3, 0.4) is 0 Å². The molecule has 3 heterocycles. The molecule has 2 amide bonds. The molecule has 1 unspecified atom stereocenters. The predicted octanol–water partition coefficient (Wildman–Crippen LogP) is 3.13. The molecule has 226 valence electrons. The summed E-state index contributed by atoms with van der Waals surface area (Å²) in [6.45, 7) is 3.49. The van der Waals surface area contributed by atoms with Gasteiger partial charge in [0, 0.05) is 29.8 Å². The van der Waals surface area contributed by atoms with E-state index < -0.39 is 82.6 Å². The molecule has 1 aromatic rings. The first-order chi connectivity index (χ1) is 19.0. The molecule has 41 heavy (non-hydrogen) atoms. The highest BCUT2D eigenvalue weighted by Crippen LogP contribution is 2.38. The summed E-state index contributed by atoms with van der Waals surface area (Å²) in [4.78, 5) is 34.7. The van der Waals surface area contributed by atoms with Gasteiger partial charge in [0.1, 0.15) is 5.82 Å². The molecule has 2 saturated heterocycles. The number of aliphatic hydroxyl groups is 1. The van der Waals surface area contributed by atoms with Crippen LogP contribution in [0.25, 0.3) is 0 Å². The number of rotatable bonds is 8. The van der Waals surface area contributed by atoms with Crippen LogP contribution in [0.1, 0.15) is 57.6 Å². The lowest BCUT2D eigenvalue weighted by atomic mass is 9.78. The van der Waals surface area contributed by atoms with E-state index in [1.165, 1.54) is 13.8 Å². The van der Waals surface area contributed by atoms with Gasteiger partial charge in [0.05, 0.1) is 48.0 Å². The Kier molecular flexibility index (Phi) is 8.72. The number of amides is 2. The van der Waals surface area contributed by atoms with Crippen molar-refractivity contribution in [2.45, 2.75) is 88.3 Å². The van der Waals surface area contributed by atoms with Crippen LogP contribution in [0.5, 0.6) is 0 Å². The number of carbonyl (C=O) groups excluding carboxylic acids is 2. The number of halogens is 5. The van der Waals surface area contributed by atoms with E-state index in [2.05, 4.69) is 20.6 Å². The van der Waals surface area contributed by atoms with Gasteiger partial charge in [0.15, 0.2) is 6.04 Å². The Morgan fingerprint density at radius 1 is 1.29 bits per heavy atom. The van der Waals surface area contributed by atoms with Gasteiger partial charge in [-0.1, -0.05) is 12.2 Å². The highest BCUT2D eigenvalue weighted by Gasteiger charge is 2.48. The SMILES string of the molecule is CC(=NC(C(=O)N1CC(F)(F)C[C@@H]1C)C(=S)c1cnc(NC2(C)CCC2)cc1C(F)(F)F)C(=O)N[C@@H]1COC[C@H]1O. The van der Waals surface area contributed by atoms with Gasteiger partial charge in [-0.15, -0.1) is 0 Å². The fraction of sp³-hybridized carbons (Fsp3) is 0.654. The first-order valence-electron chi connectivity index (χ1n) is 13.2. The third kappa shape index (κ3) is 7.00. The molecule has 1 aromatic heterocycles. The number of nitrogens with zero attached hydrogens (tertiary/aromatic N) is 3. The summed E-state index contributed by atoms with van der Waals surface area (Å²) in [5.41, 5.74) is -2.55. The Bertz CT molecular complexity index is 1240. The van der Waals surface area contributed by atoms with E-state index in [1.807, 2.05) is 6.92 Å². The van der Waals surface area contributed by atoms with Crippen LogP contribution in [-0.4, -0.2) is 92.8 Å². The van der Waals surface area contributed by atoms with Crippen molar-refractivity contribution in [3.63, 3.8) is 0 Å². The fourth-order valence-corrected chi connectivity index (χ4v) is 5.46. The minimum atomic E-state index is -4.91. The van der Waals surface area contributed by atoms with Crippen LogP contribution in [0, 0.1) is 0 Å². The monoisotopic (exact) mass is 605 g/mol. The molecular formula is C26H32F5N5O4S. The first kappa shape index (κ1) is 31.2. The summed E-state index contributed by atoms with van der Waals surface area (Å²) in [7, 11) is 0. The number of hydrogen-bond donors (Lipinski definition) is 3. The molecule has 0 spiro atoms. The van der Waals surface area contributed by atoms with Crippen molar-refractivity contribution in [2.24, 2.45) is 4.99 Å². The number of aliphatic imine (C=N–C) groups is 1. The molecule has 0 aromatic carbocycles. The van der Waals surface area contributed by atoms with Gasteiger partial charge < -0.3 is 25.4 Å². The van der Waals surface area contributed by atoms with Crippen molar-refractivity contribution >= 4 is 40.4 Å². The summed E-state index contributed by atoms with van der Waals surface area (Å²) in [5, 5.41) is 15.4. The number of ether oxygens (including phenoxy) is 1. The van der Waals surface area contributed by atoms with Gasteiger partial charge >= 0.3 is 6.18 Å². The summed E-state index contributed by atoms with van der Waals surface area (Å²) >= 11 is 5.37. The fourth-order valence-electron chi connectivity index (χ4n) is 5.14. The van der Waals surface area contributed by atoms with Crippen molar-refractivity contribution in [3.05, 3.63) is 23.4 Å². The quantitative estimate of drug-likeness (QED) is 0.181. The lowest BCUT2D eigenvalue weighted by Crippen LogP contribution is -2.47. The molecule has 3 N–H and O–H groups in total. The van der Waals surface area contributed by atoms with Gasteiger partial charge in [-0.25, -0.2) is 13.8 Å². The highest BCUT2D eigenvalue weighted by molar-refractivity contribution is 7.81. The molecule has 1 saturated carbocycles. The van der Waals surface area contributed by atoms with Gasteiger partial charge in [-0.05, 0) is 46.1 Å². The van der Waals surface area contributed by atoms with Gasteiger partial charge in [-0.2, -0.15) is 13.2 Å². The molecular weight excluding hydrogens is 573 g/mol. The summed E-state index contributed by atoms with van der Waals surface area (Å²) < 4.78 is 76.2. The highest BCUT2D eigenvalue weighted by atomic mass is 32.1. The Balaban J connectivity index is 1.70. The standard InChI is InChI=1S/C26H32F5N5O4S/c1-13-8-25(27,28)12-36(13)23(39)20(33-14(2)22(38)34-17-10-40-11-18(17)37)21(41)15-9-32-19(7-16(15)26(29,30)31)35-24(3)5-4-6-24/h7,9,13,17-18,20,37H,4-6,8,10-12H2,1-3H3,(H,32,35)(H,34,38)/t13-,17+,18+,20?/m0/s1. The minimum absolute atomic E-state index is 0.00931. The average molecular weight is 606 g/mol. The lowest BCUT2D eigenvalue weighted by Gasteiger charge is -2.39. The topological polar surface area (TPSA) is 116 Å². The average Bonchev–Trinajstić information content (AvgIpc) is 3.39. The maximum absolute atomic E-state index is 14.3. The van der Waals surface area contributed by atoms with Gasteiger partial charge in [0.2, 0.25) is 0 Å². The van der Waals surface area contributed by atoms with Crippen LogP contribution >= 0.6 is 12.2 Å². The third-order valence-corrected chi connectivity index (χ3v) is 8.12. The van der Waals surface area contributed by atoms with Crippen LogP contribution in [0.15, 0.2) is 17.3 Å². The molecule has 4 rings (SSSR count). The van der Waals surface area contributed by atoms with Crippen LogP contribution in [-0.2, 0) is 20.5 Å². The number of alkyl halides is 5. The third-order valence-electron chi connectivity index (χ3n) is 7.67. The number of likely N-dealkylation sites (tertiary alicyclic amines) is 1. The van der Waals surface area contributed by atoms with E-state index >= 15 is 0 Å². The Labute approximate surface area is 238 Å². The lowest BCUT2D eigenvalue weighted by molar-refractivity contribution is -0.138. The smallest absolute Gasteiger partial charge is 0.388 e. The summed E-state index contributed by atoms with van der Waals surface area (Å²) in [6.07, 6.45) is -3.22.